The Morgan fingerprint density at radius 2 is 2.00 bits per heavy atom. The summed E-state index contributed by atoms with van der Waals surface area (Å²) in [4.78, 5) is 0. The van der Waals surface area contributed by atoms with Crippen LogP contribution in [0.1, 0.15) is 5.56 Å². The third-order valence-corrected chi connectivity index (χ3v) is 2.85. The summed E-state index contributed by atoms with van der Waals surface area (Å²) in [5.74, 6) is 1.15. The molecule has 0 saturated heterocycles. The van der Waals surface area contributed by atoms with E-state index < -0.39 is 10.0 Å². The second-order valence-corrected chi connectivity index (χ2v) is 4.94. The number of ether oxygens (including phenoxy) is 3. The van der Waals surface area contributed by atoms with Crippen LogP contribution in [0.15, 0.2) is 12.1 Å². The summed E-state index contributed by atoms with van der Waals surface area (Å²) in [5.41, 5.74) is 0.453. The second-order valence-electron chi connectivity index (χ2n) is 3.32. The van der Waals surface area contributed by atoms with Crippen LogP contribution in [0.2, 0.25) is 0 Å². The fourth-order valence-electron chi connectivity index (χ4n) is 1.48. The molecule has 1 heterocycles. The van der Waals surface area contributed by atoms with Gasteiger partial charge in [0.15, 0.2) is 11.5 Å². The highest BCUT2D eigenvalue weighted by molar-refractivity contribution is 7.88. The highest BCUT2D eigenvalue weighted by atomic mass is 32.2. The Kier molecular flexibility index (Phi) is 2.64. The largest absolute Gasteiger partial charge is 0.496 e. The molecular formula is C9H11NO5S. The molecule has 7 heteroatoms. The Bertz CT molecular complexity index is 511. The lowest BCUT2D eigenvalue weighted by atomic mass is 10.2. The molecule has 0 fully saturated rings. The number of fused-ring (bicyclic) bond motifs is 1. The summed E-state index contributed by atoms with van der Waals surface area (Å²) in [5, 5.41) is 4.98. The van der Waals surface area contributed by atoms with Gasteiger partial charge in [0, 0.05) is 11.6 Å². The number of hydrogen-bond donors (Lipinski definition) is 1. The monoisotopic (exact) mass is 245 g/mol. The molecule has 0 spiro atoms. The van der Waals surface area contributed by atoms with Gasteiger partial charge < -0.3 is 14.2 Å². The quantitative estimate of drug-likeness (QED) is 0.822. The third kappa shape index (κ3) is 2.20. The molecule has 0 bridgehead atoms. The smallest absolute Gasteiger partial charge is 0.231 e. The summed E-state index contributed by atoms with van der Waals surface area (Å²) in [6.45, 7) is 0.122. The fourth-order valence-corrected chi connectivity index (χ4v) is 2.14. The normalized spacial score (nSPS) is 13.9. The molecule has 16 heavy (non-hydrogen) atoms. The average Bonchev–Trinajstić information content (AvgIpc) is 2.60. The third-order valence-electron chi connectivity index (χ3n) is 2.13. The van der Waals surface area contributed by atoms with Gasteiger partial charge in [0.05, 0.1) is 12.9 Å². The predicted octanol–water partition coefficient (Wildman–Crippen LogP) is 0.212. The van der Waals surface area contributed by atoms with E-state index in [1.165, 1.54) is 7.11 Å². The summed E-state index contributed by atoms with van der Waals surface area (Å²) >= 11 is 0. The van der Waals surface area contributed by atoms with Crippen molar-refractivity contribution < 1.29 is 22.6 Å². The van der Waals surface area contributed by atoms with E-state index in [2.05, 4.69) is 0 Å². The van der Waals surface area contributed by atoms with Crippen LogP contribution >= 0.6 is 0 Å². The van der Waals surface area contributed by atoms with Gasteiger partial charge in [-0.05, 0) is 6.07 Å². The first kappa shape index (κ1) is 11.0. The van der Waals surface area contributed by atoms with Crippen LogP contribution < -0.4 is 19.3 Å². The minimum atomic E-state index is -3.60. The highest BCUT2D eigenvalue weighted by Crippen LogP contribution is 2.38. The number of primary sulfonamides is 1. The van der Waals surface area contributed by atoms with Crippen molar-refractivity contribution in [1.29, 1.82) is 0 Å². The summed E-state index contributed by atoms with van der Waals surface area (Å²) in [6, 6.07) is 3.15. The second kappa shape index (κ2) is 3.84. The molecule has 0 atom stereocenters. The van der Waals surface area contributed by atoms with Crippen molar-refractivity contribution >= 4 is 10.0 Å². The molecule has 1 aromatic rings. The van der Waals surface area contributed by atoms with E-state index in [1.54, 1.807) is 12.1 Å². The van der Waals surface area contributed by atoms with Crippen molar-refractivity contribution in [2.24, 2.45) is 5.14 Å². The van der Waals surface area contributed by atoms with Gasteiger partial charge in [-0.1, -0.05) is 0 Å². The van der Waals surface area contributed by atoms with Gasteiger partial charge >= 0.3 is 0 Å². The molecule has 6 nitrogen and oxygen atoms in total. The zero-order valence-electron chi connectivity index (χ0n) is 8.60. The van der Waals surface area contributed by atoms with E-state index in [-0.39, 0.29) is 12.5 Å². The lowest BCUT2D eigenvalue weighted by Gasteiger charge is -2.08. The van der Waals surface area contributed by atoms with E-state index in [0.29, 0.717) is 22.8 Å². The topological polar surface area (TPSA) is 87.9 Å². The molecule has 1 aliphatic heterocycles. The Labute approximate surface area is 93.0 Å². The van der Waals surface area contributed by atoms with Crippen molar-refractivity contribution in [3.8, 4) is 17.2 Å². The average molecular weight is 245 g/mol. The molecule has 2 rings (SSSR count). The standard InChI is InChI=1S/C9H11NO5S/c1-13-7-3-9-8(14-5-15-9)2-6(7)4-16(10,11)12/h2-3H,4-5H2,1H3,(H2,10,11,12). The molecule has 1 aromatic carbocycles. The molecule has 0 unspecified atom stereocenters. The van der Waals surface area contributed by atoms with Crippen LogP contribution in [-0.4, -0.2) is 22.3 Å². The van der Waals surface area contributed by atoms with Gasteiger partial charge in [-0.15, -0.1) is 0 Å². The fraction of sp³-hybridized carbons (Fsp3) is 0.333. The van der Waals surface area contributed by atoms with Crippen molar-refractivity contribution in [2.45, 2.75) is 5.75 Å². The first-order valence-corrected chi connectivity index (χ1v) is 6.18. The van der Waals surface area contributed by atoms with E-state index in [1.807, 2.05) is 0 Å². The van der Waals surface area contributed by atoms with Crippen molar-refractivity contribution in [3.63, 3.8) is 0 Å². The summed E-state index contributed by atoms with van der Waals surface area (Å²) in [7, 11) is -2.15. The van der Waals surface area contributed by atoms with Crippen molar-refractivity contribution in [2.75, 3.05) is 13.9 Å². The van der Waals surface area contributed by atoms with Crippen LogP contribution in [-0.2, 0) is 15.8 Å². The van der Waals surface area contributed by atoms with Gasteiger partial charge in [-0.25, -0.2) is 13.6 Å². The first-order valence-electron chi connectivity index (χ1n) is 4.46. The zero-order valence-corrected chi connectivity index (χ0v) is 9.41. The molecule has 0 aliphatic carbocycles. The van der Waals surface area contributed by atoms with E-state index in [0.717, 1.165) is 0 Å². The Morgan fingerprint density at radius 1 is 1.38 bits per heavy atom. The minimum Gasteiger partial charge on any atom is -0.496 e. The number of nitrogens with two attached hydrogens (primary N) is 1. The summed E-state index contributed by atoms with van der Waals surface area (Å²) in [6.07, 6.45) is 0. The first-order chi connectivity index (χ1) is 7.49. The molecule has 88 valence electrons. The molecule has 0 amide bonds. The van der Waals surface area contributed by atoms with Crippen LogP contribution in [0.3, 0.4) is 0 Å². The number of methoxy groups -OCH3 is 1. The number of rotatable bonds is 3. The molecule has 0 aromatic heterocycles. The highest BCUT2D eigenvalue weighted by Gasteiger charge is 2.19. The lowest BCUT2D eigenvalue weighted by molar-refractivity contribution is 0.174. The zero-order chi connectivity index (χ0) is 11.8. The molecular weight excluding hydrogens is 234 g/mol. The van der Waals surface area contributed by atoms with Gasteiger partial charge in [-0.3, -0.25) is 0 Å². The Morgan fingerprint density at radius 3 is 2.56 bits per heavy atom. The van der Waals surface area contributed by atoms with Crippen LogP contribution in [0, 0.1) is 0 Å². The van der Waals surface area contributed by atoms with Crippen LogP contribution in [0.25, 0.3) is 0 Å². The maximum atomic E-state index is 11.0. The van der Waals surface area contributed by atoms with Crippen LogP contribution in [0.5, 0.6) is 17.2 Å². The molecule has 0 saturated carbocycles. The Hall–Kier alpha value is -1.47. The SMILES string of the molecule is COc1cc2c(cc1CS(N)(=O)=O)OCO2. The van der Waals surface area contributed by atoms with E-state index in [4.69, 9.17) is 19.3 Å². The van der Waals surface area contributed by atoms with Gasteiger partial charge in [0.25, 0.3) is 0 Å². The predicted molar refractivity (Wildman–Crippen MR) is 55.9 cm³/mol. The van der Waals surface area contributed by atoms with E-state index in [9.17, 15) is 8.42 Å². The van der Waals surface area contributed by atoms with Gasteiger partial charge in [0.1, 0.15) is 5.75 Å². The van der Waals surface area contributed by atoms with Gasteiger partial charge in [0.2, 0.25) is 16.8 Å². The maximum Gasteiger partial charge on any atom is 0.231 e. The van der Waals surface area contributed by atoms with Crippen LogP contribution in [0.4, 0.5) is 0 Å². The maximum absolute atomic E-state index is 11.0. The summed E-state index contributed by atoms with van der Waals surface area (Å²) < 4.78 is 37.4. The van der Waals surface area contributed by atoms with E-state index >= 15 is 0 Å². The Balaban J connectivity index is 2.44. The number of hydrogen-bond acceptors (Lipinski definition) is 5. The molecule has 1 aliphatic rings. The number of sulfonamides is 1. The van der Waals surface area contributed by atoms with Crippen molar-refractivity contribution in [1.82, 2.24) is 0 Å². The number of benzene rings is 1. The lowest BCUT2D eigenvalue weighted by Crippen LogP contribution is -2.15. The van der Waals surface area contributed by atoms with Crippen molar-refractivity contribution in [3.05, 3.63) is 17.7 Å². The molecule has 2 N–H and O–H groups in total. The minimum absolute atomic E-state index is 0.122. The van der Waals surface area contributed by atoms with Gasteiger partial charge in [-0.2, -0.15) is 0 Å². The molecule has 0 radical (unpaired) electrons.